The van der Waals surface area contributed by atoms with Crippen LogP contribution in [-0.4, -0.2) is 61.6 Å². The van der Waals surface area contributed by atoms with E-state index in [0.717, 1.165) is 31.4 Å². The molecule has 3 rings (SSSR count). The molecule has 1 aliphatic heterocycles. The molecule has 0 unspecified atom stereocenters. The minimum atomic E-state index is -0.123. The Hall–Kier alpha value is -1.79. The third kappa shape index (κ3) is 3.81. The Morgan fingerprint density at radius 3 is 2.58 bits per heavy atom. The van der Waals surface area contributed by atoms with E-state index in [4.69, 9.17) is 15.2 Å². The molecule has 2 fully saturated rings. The van der Waals surface area contributed by atoms with Crippen LogP contribution >= 0.6 is 0 Å². The molecular formula is C20H31N3O3. The molecule has 1 amide bonds. The van der Waals surface area contributed by atoms with Crippen molar-refractivity contribution in [3.8, 4) is 11.5 Å². The number of ether oxygens (including phenoxy) is 2. The van der Waals surface area contributed by atoms with Gasteiger partial charge in [0.15, 0.2) is 11.5 Å². The Bertz CT molecular complexity index is 631. The van der Waals surface area contributed by atoms with Crippen LogP contribution in [0.3, 0.4) is 0 Å². The number of carbonyl (C=O) groups excluding carboxylic acids is 1. The van der Waals surface area contributed by atoms with Gasteiger partial charge in [-0.15, -0.1) is 0 Å². The van der Waals surface area contributed by atoms with Crippen molar-refractivity contribution in [2.24, 2.45) is 5.73 Å². The fourth-order valence-corrected chi connectivity index (χ4v) is 4.38. The Morgan fingerprint density at radius 1 is 1.27 bits per heavy atom. The highest BCUT2D eigenvalue weighted by Gasteiger charge is 2.38. The maximum absolute atomic E-state index is 13.4. The molecule has 0 spiro atoms. The van der Waals surface area contributed by atoms with Crippen LogP contribution in [0.25, 0.3) is 0 Å². The van der Waals surface area contributed by atoms with E-state index >= 15 is 0 Å². The summed E-state index contributed by atoms with van der Waals surface area (Å²) in [5.41, 5.74) is 7.08. The lowest BCUT2D eigenvalue weighted by molar-refractivity contribution is -0.138. The van der Waals surface area contributed by atoms with Gasteiger partial charge in [0.05, 0.1) is 20.3 Å². The van der Waals surface area contributed by atoms with Crippen molar-refractivity contribution in [1.29, 1.82) is 0 Å². The average molecular weight is 361 g/mol. The molecule has 1 aromatic carbocycles. The van der Waals surface area contributed by atoms with Crippen molar-refractivity contribution < 1.29 is 14.3 Å². The number of hydrogen-bond acceptors (Lipinski definition) is 5. The zero-order valence-corrected chi connectivity index (χ0v) is 16.1. The van der Waals surface area contributed by atoms with Crippen LogP contribution in [-0.2, 0) is 11.3 Å². The lowest BCUT2D eigenvalue weighted by Crippen LogP contribution is -2.47. The van der Waals surface area contributed by atoms with Gasteiger partial charge in [-0.05, 0) is 32.4 Å². The van der Waals surface area contributed by atoms with Crippen molar-refractivity contribution in [3.63, 3.8) is 0 Å². The number of rotatable bonds is 6. The molecule has 0 bridgehead atoms. The van der Waals surface area contributed by atoms with Crippen molar-refractivity contribution >= 4 is 5.91 Å². The van der Waals surface area contributed by atoms with E-state index in [9.17, 15) is 4.79 Å². The van der Waals surface area contributed by atoms with E-state index in [1.54, 1.807) is 14.2 Å². The van der Waals surface area contributed by atoms with Gasteiger partial charge in [-0.2, -0.15) is 0 Å². The number of nitrogens with two attached hydrogens (primary N) is 1. The lowest BCUT2D eigenvalue weighted by atomic mass is 10.1. The first-order valence-corrected chi connectivity index (χ1v) is 9.51. The minimum Gasteiger partial charge on any atom is -0.493 e. The van der Waals surface area contributed by atoms with Gasteiger partial charge in [0, 0.05) is 30.7 Å². The molecule has 26 heavy (non-hydrogen) atoms. The first-order chi connectivity index (χ1) is 12.5. The van der Waals surface area contributed by atoms with Crippen LogP contribution < -0.4 is 15.2 Å². The first kappa shape index (κ1) is 19.0. The molecule has 1 aliphatic carbocycles. The van der Waals surface area contributed by atoms with Gasteiger partial charge in [0.1, 0.15) is 0 Å². The molecule has 1 heterocycles. The number of amides is 1. The van der Waals surface area contributed by atoms with Crippen LogP contribution in [0.5, 0.6) is 11.5 Å². The molecule has 6 nitrogen and oxygen atoms in total. The summed E-state index contributed by atoms with van der Waals surface area (Å²) >= 11 is 0. The zero-order valence-electron chi connectivity index (χ0n) is 16.1. The van der Waals surface area contributed by atoms with E-state index in [1.807, 2.05) is 25.2 Å². The van der Waals surface area contributed by atoms with Gasteiger partial charge >= 0.3 is 0 Å². The fraction of sp³-hybridized carbons (Fsp3) is 0.650. The Kier molecular flexibility index (Phi) is 6.04. The molecule has 144 valence electrons. The van der Waals surface area contributed by atoms with E-state index < -0.39 is 0 Å². The van der Waals surface area contributed by atoms with Crippen LogP contribution in [0.4, 0.5) is 0 Å². The molecule has 1 saturated carbocycles. The third-order valence-corrected chi connectivity index (χ3v) is 5.74. The van der Waals surface area contributed by atoms with Crippen LogP contribution in [0.2, 0.25) is 0 Å². The van der Waals surface area contributed by atoms with Gasteiger partial charge in [-0.25, -0.2) is 0 Å². The summed E-state index contributed by atoms with van der Waals surface area (Å²) in [6, 6.07) is 6.09. The standard InChI is InChI=1S/C20H31N3O3/c1-22-13-15(21)11-17(22)20(24)23(16-8-4-5-9-16)12-14-7-6-10-18(25-2)19(14)26-3/h6-7,10,15-17H,4-5,8-9,11-13,21H2,1-3H3/t15-,17-/m0/s1. The van der Waals surface area contributed by atoms with Crippen LogP contribution in [0, 0.1) is 0 Å². The number of carbonyl (C=O) groups is 1. The Labute approximate surface area is 156 Å². The number of likely N-dealkylation sites (tertiary alicyclic amines) is 1. The highest BCUT2D eigenvalue weighted by Crippen LogP contribution is 2.34. The quantitative estimate of drug-likeness (QED) is 0.839. The molecule has 2 aliphatic rings. The highest BCUT2D eigenvalue weighted by molar-refractivity contribution is 5.82. The maximum atomic E-state index is 13.4. The molecule has 1 aromatic rings. The first-order valence-electron chi connectivity index (χ1n) is 9.51. The summed E-state index contributed by atoms with van der Waals surface area (Å²) in [6.45, 7) is 1.32. The largest absolute Gasteiger partial charge is 0.493 e. The predicted molar refractivity (Wildman–Crippen MR) is 101 cm³/mol. The second kappa shape index (κ2) is 8.27. The molecule has 6 heteroatoms. The zero-order chi connectivity index (χ0) is 18.7. The van der Waals surface area contributed by atoms with Crippen molar-refractivity contribution in [2.75, 3.05) is 27.8 Å². The monoisotopic (exact) mass is 361 g/mol. The number of methoxy groups -OCH3 is 2. The molecule has 1 saturated heterocycles. The normalized spacial score (nSPS) is 24.0. The fourth-order valence-electron chi connectivity index (χ4n) is 4.38. The van der Waals surface area contributed by atoms with Gasteiger partial charge < -0.3 is 20.1 Å². The SMILES string of the molecule is COc1cccc(CN(C(=O)[C@@H]2C[C@H](N)CN2C)C2CCCC2)c1OC. The van der Waals surface area contributed by atoms with E-state index in [2.05, 4.69) is 9.80 Å². The topological polar surface area (TPSA) is 68.0 Å². The summed E-state index contributed by atoms with van der Waals surface area (Å²) in [4.78, 5) is 17.6. The van der Waals surface area contributed by atoms with Gasteiger partial charge in [0.2, 0.25) is 5.91 Å². The Balaban J connectivity index is 1.87. The summed E-state index contributed by atoms with van der Waals surface area (Å²) in [5.74, 6) is 1.60. The molecular weight excluding hydrogens is 330 g/mol. The van der Waals surface area contributed by atoms with Crippen molar-refractivity contribution in [3.05, 3.63) is 23.8 Å². The second-order valence-electron chi connectivity index (χ2n) is 7.51. The summed E-state index contributed by atoms with van der Waals surface area (Å²) in [6.07, 6.45) is 5.24. The average Bonchev–Trinajstić information content (AvgIpc) is 3.28. The number of hydrogen-bond donors (Lipinski definition) is 1. The molecule has 0 aromatic heterocycles. The Morgan fingerprint density at radius 2 is 2.00 bits per heavy atom. The van der Waals surface area contributed by atoms with Gasteiger partial charge in [-0.1, -0.05) is 25.0 Å². The summed E-state index contributed by atoms with van der Waals surface area (Å²) in [7, 11) is 5.28. The molecule has 2 atom stereocenters. The minimum absolute atomic E-state index is 0.0748. The van der Waals surface area contributed by atoms with E-state index in [1.165, 1.54) is 12.8 Å². The van der Waals surface area contributed by atoms with Crippen LogP contribution in [0.1, 0.15) is 37.7 Å². The third-order valence-electron chi connectivity index (χ3n) is 5.74. The maximum Gasteiger partial charge on any atom is 0.240 e. The number of nitrogens with zero attached hydrogens (tertiary/aromatic N) is 2. The summed E-state index contributed by atoms with van der Waals surface area (Å²) in [5, 5.41) is 0. The summed E-state index contributed by atoms with van der Waals surface area (Å²) < 4.78 is 11.0. The van der Waals surface area contributed by atoms with Gasteiger partial charge in [0.25, 0.3) is 0 Å². The van der Waals surface area contributed by atoms with Crippen molar-refractivity contribution in [1.82, 2.24) is 9.80 Å². The number of para-hydroxylation sites is 1. The second-order valence-corrected chi connectivity index (χ2v) is 7.51. The van der Waals surface area contributed by atoms with Crippen molar-refractivity contribution in [2.45, 2.75) is 56.8 Å². The van der Waals surface area contributed by atoms with Crippen LogP contribution in [0.15, 0.2) is 18.2 Å². The highest BCUT2D eigenvalue weighted by atomic mass is 16.5. The smallest absolute Gasteiger partial charge is 0.240 e. The number of benzene rings is 1. The lowest BCUT2D eigenvalue weighted by Gasteiger charge is -2.33. The van der Waals surface area contributed by atoms with E-state index in [-0.39, 0.29) is 18.0 Å². The molecule has 2 N–H and O–H groups in total. The molecule has 0 radical (unpaired) electrons. The van der Waals surface area contributed by atoms with Gasteiger partial charge in [-0.3, -0.25) is 9.69 Å². The predicted octanol–water partition coefficient (Wildman–Crippen LogP) is 2.01. The van der Waals surface area contributed by atoms with E-state index in [0.29, 0.717) is 24.1 Å². The number of likely N-dealkylation sites (N-methyl/N-ethyl adjacent to an activating group) is 1.